The molecule has 1 aliphatic rings. The van der Waals surface area contributed by atoms with E-state index < -0.39 is 11.6 Å². The Balaban J connectivity index is 0.00000180. The lowest BCUT2D eigenvalue weighted by Gasteiger charge is -2.35. The van der Waals surface area contributed by atoms with Crippen LogP contribution in [0.2, 0.25) is 0 Å². The lowest BCUT2D eigenvalue weighted by molar-refractivity contribution is 0.134. The Morgan fingerprint density at radius 2 is 1.84 bits per heavy atom. The molecule has 0 spiro atoms. The number of rotatable bonds is 4. The molecule has 0 aliphatic carbocycles. The molecule has 1 unspecified atom stereocenters. The Kier molecular flexibility index (Phi) is 6.69. The third kappa shape index (κ3) is 4.71. The summed E-state index contributed by atoms with van der Waals surface area (Å²) in [4.78, 5) is 2.30. The summed E-state index contributed by atoms with van der Waals surface area (Å²) in [5.74, 6) is -1.00. The average molecular weight is 291 g/mol. The molecule has 5 heteroatoms. The van der Waals surface area contributed by atoms with Crippen LogP contribution >= 0.6 is 12.4 Å². The predicted molar refractivity (Wildman–Crippen MR) is 75.3 cm³/mol. The van der Waals surface area contributed by atoms with E-state index in [1.54, 1.807) is 0 Å². The Morgan fingerprint density at radius 3 is 2.47 bits per heavy atom. The molecule has 0 bridgehead atoms. The fourth-order valence-electron chi connectivity index (χ4n) is 2.72. The number of likely N-dealkylation sites (tertiary alicyclic amines) is 1. The Morgan fingerprint density at radius 1 is 1.16 bits per heavy atom. The Labute approximate surface area is 119 Å². The minimum atomic E-state index is -0.502. The van der Waals surface area contributed by atoms with Gasteiger partial charge in [0, 0.05) is 18.7 Å². The van der Waals surface area contributed by atoms with Crippen molar-refractivity contribution >= 4 is 12.4 Å². The normalized spacial score (nSPS) is 20.1. The molecule has 1 fully saturated rings. The first-order valence-corrected chi connectivity index (χ1v) is 6.58. The van der Waals surface area contributed by atoms with E-state index in [1.807, 2.05) is 0 Å². The summed E-state index contributed by atoms with van der Waals surface area (Å²) in [7, 11) is 0. The van der Waals surface area contributed by atoms with Gasteiger partial charge in [0.1, 0.15) is 11.6 Å². The van der Waals surface area contributed by atoms with Gasteiger partial charge in [-0.3, -0.25) is 4.90 Å². The fraction of sp³-hybridized carbons (Fsp3) is 0.571. The zero-order valence-electron chi connectivity index (χ0n) is 10.9. The van der Waals surface area contributed by atoms with Gasteiger partial charge in [0.25, 0.3) is 0 Å². The maximum Gasteiger partial charge on any atom is 0.126 e. The SMILES string of the molecule is Cl.NCCC1CCCCN1Cc1cc(F)cc(F)c1. The molecule has 2 N–H and O–H groups in total. The van der Waals surface area contributed by atoms with Crippen molar-refractivity contribution in [1.82, 2.24) is 4.90 Å². The standard InChI is InChI=1S/C14H20F2N2.ClH/c15-12-7-11(8-13(16)9-12)10-18-6-2-1-3-14(18)4-5-17;/h7-9,14H,1-6,10,17H2;1H. The molecule has 0 amide bonds. The van der Waals surface area contributed by atoms with Gasteiger partial charge < -0.3 is 5.73 Å². The molecule has 1 heterocycles. The number of hydrogen-bond donors (Lipinski definition) is 1. The summed E-state index contributed by atoms with van der Waals surface area (Å²) in [5, 5.41) is 0. The van der Waals surface area contributed by atoms with Gasteiger partial charge in [-0.1, -0.05) is 6.42 Å². The van der Waals surface area contributed by atoms with Crippen LogP contribution in [-0.2, 0) is 6.54 Å². The molecule has 0 radical (unpaired) electrons. The molecule has 1 aliphatic heterocycles. The van der Waals surface area contributed by atoms with Crippen LogP contribution in [0.15, 0.2) is 18.2 Å². The van der Waals surface area contributed by atoms with Crippen molar-refractivity contribution in [2.75, 3.05) is 13.1 Å². The van der Waals surface area contributed by atoms with E-state index in [-0.39, 0.29) is 12.4 Å². The molecule has 1 aromatic carbocycles. The molecule has 108 valence electrons. The highest BCUT2D eigenvalue weighted by Crippen LogP contribution is 2.22. The van der Waals surface area contributed by atoms with E-state index in [4.69, 9.17) is 5.73 Å². The summed E-state index contributed by atoms with van der Waals surface area (Å²) in [6.45, 7) is 2.26. The second-order valence-corrected chi connectivity index (χ2v) is 4.98. The predicted octanol–water partition coefficient (Wildman–Crippen LogP) is 3.09. The second kappa shape index (κ2) is 7.78. The van der Waals surface area contributed by atoms with Gasteiger partial charge in [-0.05, 0) is 50.0 Å². The fourth-order valence-corrected chi connectivity index (χ4v) is 2.72. The summed E-state index contributed by atoms with van der Waals surface area (Å²) in [5.41, 5.74) is 6.32. The third-order valence-electron chi connectivity index (χ3n) is 3.56. The molecule has 2 nitrogen and oxygen atoms in total. The Hall–Kier alpha value is -0.710. The van der Waals surface area contributed by atoms with Crippen LogP contribution in [0.25, 0.3) is 0 Å². The molecular formula is C14H21ClF2N2. The van der Waals surface area contributed by atoms with Crippen LogP contribution in [0, 0.1) is 11.6 Å². The van der Waals surface area contributed by atoms with Crippen molar-refractivity contribution in [3.8, 4) is 0 Å². The average Bonchev–Trinajstić information content (AvgIpc) is 2.30. The summed E-state index contributed by atoms with van der Waals surface area (Å²) in [6, 6.07) is 4.20. The first kappa shape index (κ1) is 16.3. The second-order valence-electron chi connectivity index (χ2n) is 4.98. The van der Waals surface area contributed by atoms with E-state index >= 15 is 0 Å². The first-order chi connectivity index (χ1) is 8.69. The number of halogens is 3. The van der Waals surface area contributed by atoms with E-state index in [9.17, 15) is 8.78 Å². The highest BCUT2D eigenvalue weighted by atomic mass is 35.5. The molecular weight excluding hydrogens is 270 g/mol. The van der Waals surface area contributed by atoms with Crippen LogP contribution < -0.4 is 5.73 Å². The zero-order valence-corrected chi connectivity index (χ0v) is 11.8. The third-order valence-corrected chi connectivity index (χ3v) is 3.56. The molecule has 19 heavy (non-hydrogen) atoms. The number of hydrogen-bond acceptors (Lipinski definition) is 2. The van der Waals surface area contributed by atoms with Gasteiger partial charge in [-0.2, -0.15) is 0 Å². The van der Waals surface area contributed by atoms with Gasteiger partial charge in [0.15, 0.2) is 0 Å². The van der Waals surface area contributed by atoms with E-state index in [0.717, 1.165) is 31.9 Å². The largest absolute Gasteiger partial charge is 0.330 e. The minimum Gasteiger partial charge on any atom is -0.330 e. The summed E-state index contributed by atoms with van der Waals surface area (Å²) >= 11 is 0. The quantitative estimate of drug-likeness (QED) is 0.923. The molecule has 2 rings (SSSR count). The van der Waals surface area contributed by atoms with Gasteiger partial charge >= 0.3 is 0 Å². The van der Waals surface area contributed by atoms with Crippen molar-refractivity contribution in [1.29, 1.82) is 0 Å². The lowest BCUT2D eigenvalue weighted by atomic mass is 9.98. The zero-order chi connectivity index (χ0) is 13.0. The van der Waals surface area contributed by atoms with Crippen LogP contribution in [-0.4, -0.2) is 24.0 Å². The van der Waals surface area contributed by atoms with Gasteiger partial charge in [-0.25, -0.2) is 8.78 Å². The minimum absolute atomic E-state index is 0. The summed E-state index contributed by atoms with van der Waals surface area (Å²) in [6.07, 6.45) is 4.46. The summed E-state index contributed by atoms with van der Waals surface area (Å²) < 4.78 is 26.3. The molecule has 0 saturated carbocycles. The molecule has 1 saturated heterocycles. The molecule has 0 aromatic heterocycles. The topological polar surface area (TPSA) is 29.3 Å². The number of benzene rings is 1. The van der Waals surface area contributed by atoms with Crippen LogP contribution in [0.5, 0.6) is 0 Å². The van der Waals surface area contributed by atoms with Crippen molar-refractivity contribution in [2.24, 2.45) is 5.73 Å². The van der Waals surface area contributed by atoms with Crippen LogP contribution in [0.4, 0.5) is 8.78 Å². The van der Waals surface area contributed by atoms with Crippen molar-refractivity contribution in [3.05, 3.63) is 35.4 Å². The van der Waals surface area contributed by atoms with Crippen LogP contribution in [0.3, 0.4) is 0 Å². The van der Waals surface area contributed by atoms with E-state index in [2.05, 4.69) is 4.90 Å². The molecule has 1 aromatic rings. The monoisotopic (exact) mass is 290 g/mol. The van der Waals surface area contributed by atoms with Crippen LogP contribution in [0.1, 0.15) is 31.2 Å². The maximum absolute atomic E-state index is 13.1. The maximum atomic E-state index is 13.1. The van der Waals surface area contributed by atoms with E-state index in [0.29, 0.717) is 24.7 Å². The van der Waals surface area contributed by atoms with E-state index in [1.165, 1.54) is 18.6 Å². The highest BCUT2D eigenvalue weighted by molar-refractivity contribution is 5.85. The first-order valence-electron chi connectivity index (χ1n) is 6.58. The van der Waals surface area contributed by atoms with Crippen molar-refractivity contribution in [2.45, 2.75) is 38.3 Å². The van der Waals surface area contributed by atoms with Crippen molar-refractivity contribution < 1.29 is 8.78 Å². The number of nitrogens with zero attached hydrogens (tertiary/aromatic N) is 1. The lowest BCUT2D eigenvalue weighted by Crippen LogP contribution is -2.40. The Bertz CT molecular complexity index is 379. The smallest absolute Gasteiger partial charge is 0.126 e. The molecule has 1 atom stereocenters. The number of nitrogens with two attached hydrogens (primary N) is 1. The number of piperidine rings is 1. The van der Waals surface area contributed by atoms with Gasteiger partial charge in [-0.15, -0.1) is 12.4 Å². The van der Waals surface area contributed by atoms with Gasteiger partial charge in [0.05, 0.1) is 0 Å². The van der Waals surface area contributed by atoms with Gasteiger partial charge in [0.2, 0.25) is 0 Å². The highest BCUT2D eigenvalue weighted by Gasteiger charge is 2.21. The van der Waals surface area contributed by atoms with Crippen molar-refractivity contribution in [3.63, 3.8) is 0 Å².